The minimum Gasteiger partial charge on any atom is -0.396 e. The first-order chi connectivity index (χ1) is 8.56. The predicted molar refractivity (Wildman–Crippen MR) is 77.8 cm³/mol. The summed E-state index contributed by atoms with van der Waals surface area (Å²) in [6, 6.07) is 1.89. The van der Waals surface area contributed by atoms with Crippen LogP contribution in [0, 0.1) is 5.92 Å². The molecule has 102 valence electrons. The van der Waals surface area contributed by atoms with Crippen molar-refractivity contribution in [2.24, 2.45) is 5.92 Å². The lowest BCUT2D eigenvalue weighted by Crippen LogP contribution is -2.16. The lowest BCUT2D eigenvalue weighted by Gasteiger charge is -2.15. The third-order valence-electron chi connectivity index (χ3n) is 2.92. The van der Waals surface area contributed by atoms with Crippen molar-refractivity contribution >= 4 is 21.7 Å². The average molecular weight is 316 g/mol. The van der Waals surface area contributed by atoms with E-state index in [1.165, 1.54) is 0 Å². The highest BCUT2D eigenvalue weighted by molar-refractivity contribution is 9.10. The number of nitrogens with zero attached hydrogens (tertiary/aromatic N) is 2. The summed E-state index contributed by atoms with van der Waals surface area (Å²) in [5.41, 5.74) is 0. The minimum absolute atomic E-state index is 0.241. The van der Waals surface area contributed by atoms with Crippen LogP contribution in [0.2, 0.25) is 0 Å². The monoisotopic (exact) mass is 315 g/mol. The van der Waals surface area contributed by atoms with E-state index >= 15 is 0 Å². The summed E-state index contributed by atoms with van der Waals surface area (Å²) in [7, 11) is 0. The van der Waals surface area contributed by atoms with Gasteiger partial charge in [0.1, 0.15) is 16.2 Å². The molecule has 18 heavy (non-hydrogen) atoms. The van der Waals surface area contributed by atoms with E-state index in [0.717, 1.165) is 35.6 Å². The molecule has 0 aromatic carbocycles. The predicted octanol–water partition coefficient (Wildman–Crippen LogP) is 3.18. The summed E-state index contributed by atoms with van der Waals surface area (Å²) in [5.74, 6) is 2.47. The molecule has 0 amide bonds. The van der Waals surface area contributed by atoms with Gasteiger partial charge in [-0.15, -0.1) is 0 Å². The van der Waals surface area contributed by atoms with E-state index in [4.69, 9.17) is 5.11 Å². The molecule has 1 unspecified atom stereocenters. The zero-order chi connectivity index (χ0) is 13.5. The van der Waals surface area contributed by atoms with Gasteiger partial charge in [0.25, 0.3) is 0 Å². The lowest BCUT2D eigenvalue weighted by molar-refractivity contribution is 0.258. The van der Waals surface area contributed by atoms with Crippen LogP contribution in [0.15, 0.2) is 10.7 Å². The zero-order valence-electron chi connectivity index (χ0n) is 11.3. The van der Waals surface area contributed by atoms with Gasteiger partial charge in [-0.1, -0.05) is 27.2 Å². The number of aromatic nitrogens is 2. The molecule has 2 N–H and O–H groups in total. The Balaban J connectivity index is 2.66. The molecular weight excluding hydrogens is 294 g/mol. The van der Waals surface area contributed by atoms with E-state index < -0.39 is 0 Å². The number of anilines is 1. The van der Waals surface area contributed by atoms with E-state index in [-0.39, 0.29) is 6.61 Å². The number of halogens is 1. The fourth-order valence-electron chi connectivity index (χ4n) is 1.67. The smallest absolute Gasteiger partial charge is 0.134 e. The van der Waals surface area contributed by atoms with Gasteiger partial charge in [0.2, 0.25) is 0 Å². The van der Waals surface area contributed by atoms with E-state index in [0.29, 0.717) is 11.8 Å². The third kappa shape index (κ3) is 4.90. The second-order valence-corrected chi connectivity index (χ2v) is 5.57. The average Bonchev–Trinajstić information content (AvgIpc) is 2.33. The first-order valence-electron chi connectivity index (χ1n) is 6.46. The van der Waals surface area contributed by atoms with Crippen molar-refractivity contribution in [2.45, 2.75) is 39.5 Å². The minimum atomic E-state index is 0.241. The molecule has 1 aromatic heterocycles. The standard InChI is InChI=1S/C13H22BrN3O/c1-4-10(5-6-18)8-15-12-7-11(14)16-13(17-12)9(2)3/h7,9-10,18H,4-6,8H2,1-3H3,(H,15,16,17). The molecule has 0 bridgehead atoms. The first kappa shape index (κ1) is 15.4. The largest absolute Gasteiger partial charge is 0.396 e. The van der Waals surface area contributed by atoms with Crippen LogP contribution in [0.5, 0.6) is 0 Å². The fourth-order valence-corrected chi connectivity index (χ4v) is 2.06. The van der Waals surface area contributed by atoms with E-state index in [9.17, 15) is 0 Å². The topological polar surface area (TPSA) is 58.0 Å². The van der Waals surface area contributed by atoms with E-state index in [2.05, 4.69) is 52.0 Å². The maximum Gasteiger partial charge on any atom is 0.134 e. The fraction of sp³-hybridized carbons (Fsp3) is 0.692. The van der Waals surface area contributed by atoms with Gasteiger partial charge in [-0.05, 0) is 28.3 Å². The molecule has 5 heteroatoms. The number of hydrogen-bond donors (Lipinski definition) is 2. The van der Waals surface area contributed by atoms with Crippen molar-refractivity contribution in [2.75, 3.05) is 18.5 Å². The molecular formula is C13H22BrN3O. The van der Waals surface area contributed by atoms with Crippen molar-refractivity contribution in [1.82, 2.24) is 9.97 Å². The van der Waals surface area contributed by atoms with E-state index in [1.807, 2.05) is 6.07 Å². The molecule has 1 heterocycles. The second kappa shape index (κ2) is 7.69. The first-order valence-corrected chi connectivity index (χ1v) is 7.25. The van der Waals surface area contributed by atoms with Crippen LogP contribution in [-0.4, -0.2) is 28.2 Å². The molecule has 0 aliphatic heterocycles. The number of aliphatic hydroxyl groups is 1. The molecule has 1 atom stereocenters. The summed E-state index contributed by atoms with van der Waals surface area (Å²) in [4.78, 5) is 8.83. The highest BCUT2D eigenvalue weighted by Crippen LogP contribution is 2.18. The molecule has 0 aliphatic rings. The Kier molecular flexibility index (Phi) is 6.57. The van der Waals surface area contributed by atoms with Crippen LogP contribution in [0.4, 0.5) is 5.82 Å². The normalized spacial score (nSPS) is 12.8. The van der Waals surface area contributed by atoms with Crippen molar-refractivity contribution in [3.63, 3.8) is 0 Å². The second-order valence-electron chi connectivity index (χ2n) is 4.76. The highest BCUT2D eigenvalue weighted by atomic mass is 79.9. The number of nitrogens with one attached hydrogen (secondary N) is 1. The quantitative estimate of drug-likeness (QED) is 0.759. The van der Waals surface area contributed by atoms with Crippen molar-refractivity contribution in [1.29, 1.82) is 0 Å². The zero-order valence-corrected chi connectivity index (χ0v) is 12.9. The molecule has 0 radical (unpaired) electrons. The van der Waals surface area contributed by atoms with Crippen LogP contribution in [-0.2, 0) is 0 Å². The van der Waals surface area contributed by atoms with Gasteiger partial charge in [0.05, 0.1) is 0 Å². The maximum atomic E-state index is 8.97. The molecule has 0 fully saturated rings. The lowest BCUT2D eigenvalue weighted by atomic mass is 10.0. The molecule has 0 aliphatic carbocycles. The van der Waals surface area contributed by atoms with Crippen LogP contribution in [0.1, 0.15) is 45.4 Å². The Morgan fingerprint density at radius 3 is 2.67 bits per heavy atom. The summed E-state index contributed by atoms with van der Waals surface area (Å²) in [5, 5.41) is 12.3. The summed E-state index contributed by atoms with van der Waals surface area (Å²) in [6.45, 7) is 7.36. The van der Waals surface area contributed by atoms with E-state index in [1.54, 1.807) is 0 Å². The third-order valence-corrected chi connectivity index (χ3v) is 3.32. The summed E-state index contributed by atoms with van der Waals surface area (Å²) < 4.78 is 0.805. The SMILES string of the molecule is CCC(CCO)CNc1cc(Br)nc(C(C)C)n1. The molecule has 1 aromatic rings. The van der Waals surface area contributed by atoms with Crippen LogP contribution in [0.25, 0.3) is 0 Å². The van der Waals surface area contributed by atoms with Crippen LogP contribution >= 0.6 is 15.9 Å². The van der Waals surface area contributed by atoms with Gasteiger partial charge in [-0.2, -0.15) is 0 Å². The molecule has 4 nitrogen and oxygen atoms in total. The van der Waals surface area contributed by atoms with Crippen molar-refractivity contribution in [3.05, 3.63) is 16.5 Å². The van der Waals surface area contributed by atoms with Crippen molar-refractivity contribution in [3.8, 4) is 0 Å². The Morgan fingerprint density at radius 2 is 2.11 bits per heavy atom. The Morgan fingerprint density at radius 1 is 1.39 bits per heavy atom. The van der Waals surface area contributed by atoms with Gasteiger partial charge in [-0.3, -0.25) is 0 Å². The Labute approximate surface area is 117 Å². The van der Waals surface area contributed by atoms with Gasteiger partial charge in [0, 0.05) is 25.1 Å². The maximum absolute atomic E-state index is 8.97. The molecule has 1 rings (SSSR count). The number of aliphatic hydroxyl groups excluding tert-OH is 1. The summed E-state index contributed by atoms with van der Waals surface area (Å²) >= 11 is 3.41. The van der Waals surface area contributed by atoms with Crippen LogP contribution < -0.4 is 5.32 Å². The van der Waals surface area contributed by atoms with Gasteiger partial charge in [-0.25, -0.2) is 9.97 Å². The van der Waals surface area contributed by atoms with Gasteiger partial charge in [0.15, 0.2) is 0 Å². The Hall–Kier alpha value is -0.680. The van der Waals surface area contributed by atoms with Crippen LogP contribution in [0.3, 0.4) is 0 Å². The molecule has 0 saturated carbocycles. The Bertz CT molecular complexity index is 371. The number of rotatable bonds is 7. The highest BCUT2D eigenvalue weighted by Gasteiger charge is 2.09. The van der Waals surface area contributed by atoms with Gasteiger partial charge < -0.3 is 10.4 Å². The van der Waals surface area contributed by atoms with Crippen molar-refractivity contribution < 1.29 is 5.11 Å². The summed E-state index contributed by atoms with van der Waals surface area (Å²) in [6.07, 6.45) is 1.88. The van der Waals surface area contributed by atoms with Gasteiger partial charge >= 0.3 is 0 Å². The molecule has 0 saturated heterocycles. The number of hydrogen-bond acceptors (Lipinski definition) is 4. The molecule has 0 spiro atoms.